The molecule has 3 nitrogen and oxygen atoms in total. The van der Waals surface area contributed by atoms with Crippen LogP contribution in [-0.2, 0) is 6.42 Å². The number of aliphatic hydroxyl groups excluding tert-OH is 1. The summed E-state index contributed by atoms with van der Waals surface area (Å²) in [5.74, 6) is 1.68. The van der Waals surface area contributed by atoms with Crippen molar-refractivity contribution in [3.63, 3.8) is 0 Å². The van der Waals surface area contributed by atoms with Gasteiger partial charge in [0, 0.05) is 25.1 Å². The Morgan fingerprint density at radius 3 is 2.68 bits per heavy atom. The molecule has 1 aromatic carbocycles. The van der Waals surface area contributed by atoms with E-state index in [0.29, 0.717) is 5.92 Å². The van der Waals surface area contributed by atoms with Crippen molar-refractivity contribution in [1.82, 2.24) is 4.90 Å². The van der Waals surface area contributed by atoms with Gasteiger partial charge < -0.3 is 14.7 Å². The molecule has 1 aliphatic heterocycles. The van der Waals surface area contributed by atoms with E-state index in [0.717, 1.165) is 51.1 Å². The molecule has 22 heavy (non-hydrogen) atoms. The van der Waals surface area contributed by atoms with E-state index in [2.05, 4.69) is 44.0 Å². The molecule has 0 saturated carbocycles. The number of hydrogen-bond acceptors (Lipinski definition) is 3. The second-order valence-corrected chi connectivity index (χ2v) is 6.88. The molecule has 1 heterocycles. The highest BCUT2D eigenvalue weighted by Crippen LogP contribution is 2.29. The Kier molecular flexibility index (Phi) is 6.27. The number of ether oxygens (including phenoxy) is 1. The number of benzene rings is 1. The third-order valence-corrected chi connectivity index (χ3v) is 5.28. The van der Waals surface area contributed by atoms with Gasteiger partial charge in [0.1, 0.15) is 5.75 Å². The third-order valence-electron chi connectivity index (χ3n) is 5.28. The zero-order chi connectivity index (χ0) is 16.0. The zero-order valence-electron chi connectivity index (χ0n) is 14.3. The maximum absolute atomic E-state index is 9.76. The first-order valence-corrected chi connectivity index (χ1v) is 8.62. The lowest BCUT2D eigenvalue weighted by Gasteiger charge is -2.35. The number of nitrogens with zero attached hydrogens (tertiary/aromatic N) is 1. The quantitative estimate of drug-likeness (QED) is 0.838. The first kappa shape index (κ1) is 17.3. The molecule has 1 aliphatic rings. The maximum atomic E-state index is 9.76. The van der Waals surface area contributed by atoms with Crippen LogP contribution in [0.1, 0.15) is 38.7 Å². The number of fused-ring (bicyclic) bond motifs is 1. The van der Waals surface area contributed by atoms with Gasteiger partial charge in [-0.2, -0.15) is 0 Å². The van der Waals surface area contributed by atoms with E-state index in [1.54, 1.807) is 0 Å². The van der Waals surface area contributed by atoms with Gasteiger partial charge in [0.15, 0.2) is 0 Å². The fraction of sp³-hybridized carbons (Fsp3) is 0.684. The van der Waals surface area contributed by atoms with Crippen molar-refractivity contribution >= 4 is 0 Å². The minimum Gasteiger partial charge on any atom is -0.493 e. The molecule has 124 valence electrons. The predicted molar refractivity (Wildman–Crippen MR) is 91.3 cm³/mol. The number of para-hydroxylation sites is 1. The summed E-state index contributed by atoms with van der Waals surface area (Å²) >= 11 is 0. The SMILES string of the molecule is CCC(CC)(CO)CN(C)C[C@@H]1CCOc2ccccc2C1. The summed E-state index contributed by atoms with van der Waals surface area (Å²) in [5.41, 5.74) is 1.38. The molecule has 0 saturated heterocycles. The maximum Gasteiger partial charge on any atom is 0.122 e. The number of hydrogen-bond donors (Lipinski definition) is 1. The van der Waals surface area contributed by atoms with Crippen LogP contribution in [0.25, 0.3) is 0 Å². The monoisotopic (exact) mass is 305 g/mol. The Hall–Kier alpha value is -1.06. The molecule has 2 rings (SSSR count). The van der Waals surface area contributed by atoms with Gasteiger partial charge in [0.2, 0.25) is 0 Å². The molecule has 1 atom stereocenters. The number of rotatable bonds is 7. The Labute approximate surface area is 135 Å². The van der Waals surface area contributed by atoms with Gasteiger partial charge in [-0.15, -0.1) is 0 Å². The fourth-order valence-electron chi connectivity index (χ4n) is 3.54. The van der Waals surface area contributed by atoms with Gasteiger partial charge in [-0.25, -0.2) is 0 Å². The topological polar surface area (TPSA) is 32.7 Å². The molecular formula is C19H31NO2. The molecule has 0 unspecified atom stereocenters. The molecule has 0 fully saturated rings. The summed E-state index contributed by atoms with van der Waals surface area (Å²) in [7, 11) is 2.19. The molecule has 0 spiro atoms. The van der Waals surface area contributed by atoms with Crippen molar-refractivity contribution in [2.45, 2.75) is 39.5 Å². The van der Waals surface area contributed by atoms with Crippen molar-refractivity contribution in [3.05, 3.63) is 29.8 Å². The van der Waals surface area contributed by atoms with Gasteiger partial charge in [-0.3, -0.25) is 0 Å². The van der Waals surface area contributed by atoms with Gasteiger partial charge in [-0.1, -0.05) is 32.0 Å². The van der Waals surface area contributed by atoms with E-state index in [1.807, 2.05) is 6.07 Å². The molecule has 0 radical (unpaired) electrons. The lowest BCUT2D eigenvalue weighted by Crippen LogP contribution is -2.40. The van der Waals surface area contributed by atoms with E-state index in [9.17, 15) is 5.11 Å². The van der Waals surface area contributed by atoms with Crippen LogP contribution in [0, 0.1) is 11.3 Å². The average Bonchev–Trinajstić information content (AvgIpc) is 2.74. The van der Waals surface area contributed by atoms with Crippen molar-refractivity contribution in [3.8, 4) is 5.75 Å². The van der Waals surface area contributed by atoms with Crippen LogP contribution in [0.15, 0.2) is 24.3 Å². The average molecular weight is 305 g/mol. The van der Waals surface area contributed by atoms with Crippen LogP contribution >= 0.6 is 0 Å². The zero-order valence-corrected chi connectivity index (χ0v) is 14.3. The Morgan fingerprint density at radius 2 is 2.00 bits per heavy atom. The minimum atomic E-state index is 0.0495. The Bertz CT molecular complexity index is 448. The third kappa shape index (κ3) is 4.23. The highest BCUT2D eigenvalue weighted by molar-refractivity contribution is 5.34. The molecule has 3 heteroatoms. The number of aliphatic hydroxyl groups is 1. The Balaban J connectivity index is 1.96. The molecule has 1 aromatic rings. The van der Waals surface area contributed by atoms with Gasteiger partial charge in [0.25, 0.3) is 0 Å². The normalized spacial score (nSPS) is 18.7. The summed E-state index contributed by atoms with van der Waals surface area (Å²) in [6, 6.07) is 8.40. The van der Waals surface area contributed by atoms with E-state index in [-0.39, 0.29) is 12.0 Å². The highest BCUT2D eigenvalue weighted by Gasteiger charge is 2.28. The smallest absolute Gasteiger partial charge is 0.122 e. The molecule has 0 amide bonds. The second-order valence-electron chi connectivity index (χ2n) is 6.88. The van der Waals surface area contributed by atoms with Crippen LogP contribution in [0.3, 0.4) is 0 Å². The minimum absolute atomic E-state index is 0.0495. The molecule has 1 N–H and O–H groups in total. The van der Waals surface area contributed by atoms with E-state index >= 15 is 0 Å². The van der Waals surface area contributed by atoms with Crippen LogP contribution in [0.5, 0.6) is 5.75 Å². The molecular weight excluding hydrogens is 274 g/mol. The lowest BCUT2D eigenvalue weighted by molar-refractivity contribution is 0.0688. The summed E-state index contributed by atoms with van der Waals surface area (Å²) in [6.45, 7) is 7.49. The van der Waals surface area contributed by atoms with E-state index in [1.165, 1.54) is 5.56 Å². The van der Waals surface area contributed by atoms with E-state index in [4.69, 9.17) is 4.74 Å². The van der Waals surface area contributed by atoms with Crippen LogP contribution < -0.4 is 4.74 Å². The summed E-state index contributed by atoms with van der Waals surface area (Å²) in [4.78, 5) is 2.40. The van der Waals surface area contributed by atoms with Crippen molar-refractivity contribution < 1.29 is 9.84 Å². The summed E-state index contributed by atoms with van der Waals surface area (Å²) < 4.78 is 5.87. The van der Waals surface area contributed by atoms with Crippen LogP contribution in [0.4, 0.5) is 0 Å². The summed E-state index contributed by atoms with van der Waals surface area (Å²) in [6.07, 6.45) is 4.25. The standard InChI is InChI=1S/C19H31NO2/c1-4-19(5-2,15-21)14-20(3)13-16-10-11-22-18-9-7-6-8-17(18)12-16/h6-9,16,21H,4-5,10-15H2,1-3H3/t16-/m1/s1. The van der Waals surface area contributed by atoms with Crippen molar-refractivity contribution in [1.29, 1.82) is 0 Å². The first-order valence-electron chi connectivity index (χ1n) is 8.62. The van der Waals surface area contributed by atoms with Crippen LogP contribution in [-0.4, -0.2) is 43.4 Å². The molecule has 0 aliphatic carbocycles. The van der Waals surface area contributed by atoms with Crippen LogP contribution in [0.2, 0.25) is 0 Å². The predicted octanol–water partition coefficient (Wildman–Crippen LogP) is 3.36. The Morgan fingerprint density at radius 1 is 1.27 bits per heavy atom. The van der Waals surface area contributed by atoms with Crippen molar-refractivity contribution in [2.24, 2.45) is 11.3 Å². The lowest BCUT2D eigenvalue weighted by atomic mass is 9.82. The molecule has 0 bridgehead atoms. The fourth-order valence-corrected chi connectivity index (χ4v) is 3.54. The first-order chi connectivity index (χ1) is 10.6. The summed E-state index contributed by atoms with van der Waals surface area (Å²) in [5, 5.41) is 9.76. The second kappa shape index (κ2) is 7.98. The highest BCUT2D eigenvalue weighted by atomic mass is 16.5. The van der Waals surface area contributed by atoms with E-state index < -0.39 is 0 Å². The van der Waals surface area contributed by atoms with Gasteiger partial charge in [0.05, 0.1) is 6.61 Å². The van der Waals surface area contributed by atoms with Gasteiger partial charge >= 0.3 is 0 Å². The van der Waals surface area contributed by atoms with Crippen molar-refractivity contribution in [2.75, 3.05) is 33.4 Å². The van der Waals surface area contributed by atoms with Gasteiger partial charge in [-0.05, 0) is 50.3 Å². The molecule has 0 aromatic heterocycles. The largest absolute Gasteiger partial charge is 0.493 e.